The van der Waals surface area contributed by atoms with Crippen molar-refractivity contribution in [2.45, 2.75) is 33.6 Å². The minimum absolute atomic E-state index is 0.0638. The van der Waals surface area contributed by atoms with Crippen molar-refractivity contribution in [3.63, 3.8) is 0 Å². The fourth-order valence-corrected chi connectivity index (χ4v) is 2.54. The summed E-state index contributed by atoms with van der Waals surface area (Å²) in [5, 5.41) is 3.76. The highest BCUT2D eigenvalue weighted by molar-refractivity contribution is 6.31. The number of aryl methyl sites for hydroxylation is 1. The van der Waals surface area contributed by atoms with Crippen LogP contribution in [0.1, 0.15) is 42.7 Å². The second-order valence-electron chi connectivity index (χ2n) is 5.65. The molecule has 0 saturated carbocycles. The molecule has 0 saturated heterocycles. The Hall–Kier alpha value is -2.14. The molecule has 0 spiro atoms. The maximum atomic E-state index is 12.6. The van der Waals surface area contributed by atoms with Crippen molar-refractivity contribution in [3.8, 4) is 0 Å². The molecule has 5 nitrogen and oxygen atoms in total. The van der Waals surface area contributed by atoms with E-state index < -0.39 is 0 Å². The third kappa shape index (κ3) is 4.68. The molecule has 0 fully saturated rings. The summed E-state index contributed by atoms with van der Waals surface area (Å²) >= 11 is 6.13. The Morgan fingerprint density at radius 2 is 1.92 bits per heavy atom. The van der Waals surface area contributed by atoms with E-state index >= 15 is 0 Å². The Balaban J connectivity index is 2.18. The van der Waals surface area contributed by atoms with Crippen LogP contribution in [-0.4, -0.2) is 33.9 Å². The molecular formula is C18H23ClN4O. The van der Waals surface area contributed by atoms with Gasteiger partial charge in [0, 0.05) is 30.0 Å². The fourth-order valence-electron chi connectivity index (χ4n) is 2.35. The van der Waals surface area contributed by atoms with Gasteiger partial charge in [0.15, 0.2) is 0 Å². The van der Waals surface area contributed by atoms with Crippen LogP contribution in [0.5, 0.6) is 0 Å². The minimum atomic E-state index is -0.0638. The van der Waals surface area contributed by atoms with Crippen LogP contribution in [-0.2, 0) is 0 Å². The molecule has 24 heavy (non-hydrogen) atoms. The molecule has 0 radical (unpaired) electrons. The molecule has 0 aliphatic rings. The molecule has 1 aromatic carbocycles. The van der Waals surface area contributed by atoms with Gasteiger partial charge in [-0.25, -0.2) is 9.97 Å². The summed E-state index contributed by atoms with van der Waals surface area (Å²) in [6.45, 7) is 7.52. The van der Waals surface area contributed by atoms with Gasteiger partial charge in [-0.15, -0.1) is 0 Å². The Bertz CT molecular complexity index is 699. The standard InChI is InChI=1S/C18H23ClN4O/c1-4-10-23(11-5-2)17(24)16-8-9-20-18(22-16)21-14-7-6-13(3)15(19)12-14/h6-9,12H,4-5,10-11H2,1-3H3,(H,20,21,22). The number of aromatic nitrogens is 2. The Kier molecular flexibility index (Phi) is 6.55. The number of carbonyl (C=O) groups is 1. The first-order chi connectivity index (χ1) is 11.5. The number of halogens is 1. The summed E-state index contributed by atoms with van der Waals surface area (Å²) in [6, 6.07) is 7.28. The van der Waals surface area contributed by atoms with Gasteiger partial charge in [-0.05, 0) is 43.5 Å². The maximum absolute atomic E-state index is 12.6. The zero-order valence-corrected chi connectivity index (χ0v) is 15.1. The SMILES string of the molecule is CCCN(CCC)C(=O)c1ccnc(Nc2ccc(C)c(Cl)c2)n1. The molecule has 0 aliphatic heterocycles. The van der Waals surface area contributed by atoms with Crippen LogP contribution in [0.4, 0.5) is 11.6 Å². The Labute approximate surface area is 148 Å². The maximum Gasteiger partial charge on any atom is 0.272 e. The number of nitrogens with zero attached hydrogens (tertiary/aromatic N) is 3. The highest BCUT2D eigenvalue weighted by Gasteiger charge is 2.16. The van der Waals surface area contributed by atoms with Crippen molar-refractivity contribution in [1.82, 2.24) is 14.9 Å². The lowest BCUT2D eigenvalue weighted by molar-refractivity contribution is 0.0749. The van der Waals surface area contributed by atoms with Gasteiger partial charge in [-0.2, -0.15) is 0 Å². The molecule has 0 atom stereocenters. The lowest BCUT2D eigenvalue weighted by Gasteiger charge is -2.21. The van der Waals surface area contributed by atoms with Gasteiger partial charge < -0.3 is 10.2 Å². The van der Waals surface area contributed by atoms with E-state index in [0.29, 0.717) is 16.7 Å². The van der Waals surface area contributed by atoms with E-state index in [1.165, 1.54) is 0 Å². The first kappa shape index (κ1) is 18.2. The third-order valence-corrected chi connectivity index (χ3v) is 3.98. The molecule has 0 bridgehead atoms. The van der Waals surface area contributed by atoms with Crippen molar-refractivity contribution in [1.29, 1.82) is 0 Å². The highest BCUT2D eigenvalue weighted by Crippen LogP contribution is 2.22. The largest absolute Gasteiger partial charge is 0.337 e. The van der Waals surface area contributed by atoms with Crippen LogP contribution in [0.3, 0.4) is 0 Å². The van der Waals surface area contributed by atoms with E-state index in [0.717, 1.165) is 37.2 Å². The zero-order valence-electron chi connectivity index (χ0n) is 14.3. The smallest absolute Gasteiger partial charge is 0.272 e. The number of benzene rings is 1. The van der Waals surface area contributed by atoms with Gasteiger partial charge in [0.1, 0.15) is 5.69 Å². The van der Waals surface area contributed by atoms with Crippen LogP contribution in [0.2, 0.25) is 5.02 Å². The number of anilines is 2. The second-order valence-corrected chi connectivity index (χ2v) is 6.05. The quantitative estimate of drug-likeness (QED) is 0.805. The number of hydrogen-bond donors (Lipinski definition) is 1. The Morgan fingerprint density at radius 1 is 1.21 bits per heavy atom. The number of nitrogens with one attached hydrogen (secondary N) is 1. The lowest BCUT2D eigenvalue weighted by atomic mass is 10.2. The van der Waals surface area contributed by atoms with Gasteiger partial charge in [-0.3, -0.25) is 4.79 Å². The third-order valence-electron chi connectivity index (χ3n) is 3.58. The van der Waals surface area contributed by atoms with E-state index in [1.807, 2.05) is 30.0 Å². The number of hydrogen-bond acceptors (Lipinski definition) is 4. The minimum Gasteiger partial charge on any atom is -0.337 e. The molecule has 1 amide bonds. The molecule has 1 aromatic heterocycles. The Morgan fingerprint density at radius 3 is 2.54 bits per heavy atom. The summed E-state index contributed by atoms with van der Waals surface area (Å²) in [4.78, 5) is 23.0. The predicted octanol–water partition coefficient (Wildman–Crippen LogP) is 4.44. The van der Waals surface area contributed by atoms with Gasteiger partial charge in [0.05, 0.1) is 0 Å². The van der Waals surface area contributed by atoms with E-state index in [9.17, 15) is 4.79 Å². The second kappa shape index (κ2) is 8.64. The molecule has 2 aromatic rings. The first-order valence-electron chi connectivity index (χ1n) is 8.20. The summed E-state index contributed by atoms with van der Waals surface area (Å²) in [7, 11) is 0. The summed E-state index contributed by atoms with van der Waals surface area (Å²) < 4.78 is 0. The van der Waals surface area contributed by atoms with Crippen LogP contribution in [0.15, 0.2) is 30.5 Å². The normalized spacial score (nSPS) is 10.5. The van der Waals surface area contributed by atoms with Crippen molar-refractivity contribution >= 4 is 29.1 Å². The van der Waals surface area contributed by atoms with Crippen LogP contribution in [0.25, 0.3) is 0 Å². The van der Waals surface area contributed by atoms with Crippen molar-refractivity contribution in [3.05, 3.63) is 46.7 Å². The molecule has 1 heterocycles. The summed E-state index contributed by atoms with van der Waals surface area (Å²) in [5.41, 5.74) is 2.18. The number of amides is 1. The average molecular weight is 347 g/mol. The highest BCUT2D eigenvalue weighted by atomic mass is 35.5. The lowest BCUT2D eigenvalue weighted by Crippen LogP contribution is -2.33. The van der Waals surface area contributed by atoms with E-state index in [2.05, 4.69) is 29.1 Å². The van der Waals surface area contributed by atoms with E-state index in [4.69, 9.17) is 11.6 Å². The monoisotopic (exact) mass is 346 g/mol. The first-order valence-corrected chi connectivity index (χ1v) is 8.58. The topological polar surface area (TPSA) is 58.1 Å². The molecule has 1 N–H and O–H groups in total. The molecule has 0 unspecified atom stereocenters. The van der Waals surface area contributed by atoms with Crippen molar-refractivity contribution in [2.24, 2.45) is 0 Å². The van der Waals surface area contributed by atoms with Crippen LogP contribution in [0, 0.1) is 6.92 Å². The van der Waals surface area contributed by atoms with Gasteiger partial charge in [0.25, 0.3) is 5.91 Å². The molecule has 6 heteroatoms. The van der Waals surface area contributed by atoms with Crippen molar-refractivity contribution < 1.29 is 4.79 Å². The molecule has 0 aliphatic carbocycles. The van der Waals surface area contributed by atoms with Crippen LogP contribution < -0.4 is 5.32 Å². The summed E-state index contributed by atoms with van der Waals surface area (Å²) in [6.07, 6.45) is 3.43. The van der Waals surface area contributed by atoms with E-state index in [-0.39, 0.29) is 5.91 Å². The van der Waals surface area contributed by atoms with Gasteiger partial charge >= 0.3 is 0 Å². The number of carbonyl (C=O) groups excluding carboxylic acids is 1. The molecule has 2 rings (SSSR count). The fraction of sp³-hybridized carbons (Fsp3) is 0.389. The van der Waals surface area contributed by atoms with Gasteiger partial charge in [0.2, 0.25) is 5.95 Å². The summed E-state index contributed by atoms with van der Waals surface area (Å²) in [5.74, 6) is 0.319. The average Bonchev–Trinajstić information content (AvgIpc) is 2.58. The number of rotatable bonds is 7. The molecular weight excluding hydrogens is 324 g/mol. The molecule has 128 valence electrons. The van der Waals surface area contributed by atoms with Gasteiger partial charge in [-0.1, -0.05) is 31.5 Å². The zero-order chi connectivity index (χ0) is 17.5. The van der Waals surface area contributed by atoms with E-state index in [1.54, 1.807) is 12.3 Å². The van der Waals surface area contributed by atoms with Crippen LogP contribution >= 0.6 is 11.6 Å². The van der Waals surface area contributed by atoms with Crippen molar-refractivity contribution in [2.75, 3.05) is 18.4 Å². The predicted molar refractivity (Wildman–Crippen MR) is 98.0 cm³/mol.